The fraction of sp³-hybridized carbons (Fsp3) is 0.500. The van der Waals surface area contributed by atoms with Crippen molar-refractivity contribution in [2.45, 2.75) is 46.0 Å². The van der Waals surface area contributed by atoms with Crippen LogP contribution in [0.4, 0.5) is 0 Å². The Morgan fingerprint density at radius 2 is 1.94 bits per heavy atom. The van der Waals surface area contributed by atoms with Gasteiger partial charge in [0.2, 0.25) is 0 Å². The molecule has 0 aliphatic heterocycles. The highest BCUT2D eigenvalue weighted by Gasteiger charge is 2.21. The summed E-state index contributed by atoms with van der Waals surface area (Å²) in [5.41, 5.74) is 2.48. The Morgan fingerprint density at radius 3 is 2.50 bits per heavy atom. The molecule has 1 aromatic rings. The molecule has 2 heteroatoms. The number of rotatable bonds is 5. The lowest BCUT2D eigenvalue weighted by Crippen LogP contribution is -2.16. The predicted octanol–water partition coefficient (Wildman–Crippen LogP) is 4.42. The Labute approximate surface area is 110 Å². The maximum Gasteiger partial charge on any atom is 0.122 e. The van der Waals surface area contributed by atoms with Crippen LogP contribution in [-0.2, 0) is 5.41 Å². The van der Waals surface area contributed by atoms with E-state index >= 15 is 0 Å². The second-order valence-corrected chi connectivity index (χ2v) is 5.62. The number of benzene rings is 1. The Kier molecular flexibility index (Phi) is 4.83. The molecule has 0 spiro atoms. The molecule has 0 unspecified atom stereocenters. The third kappa shape index (κ3) is 4.10. The van der Waals surface area contributed by atoms with Crippen molar-refractivity contribution in [3.05, 3.63) is 35.4 Å². The van der Waals surface area contributed by atoms with Crippen molar-refractivity contribution >= 4 is 0 Å². The Hall–Kier alpha value is -1.44. The molecule has 0 aliphatic carbocycles. The van der Waals surface area contributed by atoms with E-state index in [9.17, 15) is 5.11 Å². The lowest BCUT2D eigenvalue weighted by molar-refractivity contribution is 0.401. The molecule has 0 heterocycles. The average molecular weight is 248 g/mol. The fourth-order valence-corrected chi connectivity index (χ4v) is 1.96. The first-order chi connectivity index (χ1) is 8.35. The number of phenolic OH excluding ortho intramolecular Hbond substituents is 1. The normalized spacial score (nSPS) is 11.2. The molecule has 18 heavy (non-hydrogen) atoms. The standard InChI is InChI=1S/C16H24O2/c1-12(2)7-6-8-16(3,4)13-9-14(17)11-15(10-13)18-5/h7,9-11,17H,6,8H2,1-5H3. The Morgan fingerprint density at radius 1 is 1.28 bits per heavy atom. The van der Waals surface area contributed by atoms with E-state index in [-0.39, 0.29) is 11.2 Å². The van der Waals surface area contributed by atoms with Crippen molar-refractivity contribution in [3.8, 4) is 11.5 Å². The predicted molar refractivity (Wildman–Crippen MR) is 76.3 cm³/mol. The third-order valence-corrected chi connectivity index (χ3v) is 3.23. The molecular formula is C16H24O2. The quantitative estimate of drug-likeness (QED) is 0.781. The minimum atomic E-state index is 0.0258. The van der Waals surface area contributed by atoms with Crippen LogP contribution in [0.1, 0.15) is 46.1 Å². The summed E-state index contributed by atoms with van der Waals surface area (Å²) in [6.45, 7) is 8.62. The van der Waals surface area contributed by atoms with E-state index in [4.69, 9.17) is 4.74 Å². The second kappa shape index (κ2) is 5.94. The largest absolute Gasteiger partial charge is 0.508 e. The Balaban J connectivity index is 2.89. The molecule has 1 aromatic carbocycles. The molecule has 1 N–H and O–H groups in total. The van der Waals surface area contributed by atoms with Gasteiger partial charge in [-0.05, 0) is 49.8 Å². The molecule has 100 valence electrons. The van der Waals surface area contributed by atoms with Gasteiger partial charge in [0, 0.05) is 6.07 Å². The maximum absolute atomic E-state index is 9.71. The molecule has 0 fully saturated rings. The van der Waals surface area contributed by atoms with E-state index in [2.05, 4.69) is 33.8 Å². The first kappa shape index (κ1) is 14.6. The van der Waals surface area contributed by atoms with Crippen LogP contribution in [0, 0.1) is 0 Å². The summed E-state index contributed by atoms with van der Waals surface area (Å²) in [6.07, 6.45) is 4.35. The van der Waals surface area contributed by atoms with Gasteiger partial charge in [0.25, 0.3) is 0 Å². The zero-order valence-corrected chi connectivity index (χ0v) is 12.1. The molecule has 0 radical (unpaired) electrons. The fourth-order valence-electron chi connectivity index (χ4n) is 1.96. The van der Waals surface area contributed by atoms with Gasteiger partial charge in [-0.25, -0.2) is 0 Å². The van der Waals surface area contributed by atoms with E-state index in [1.165, 1.54) is 5.57 Å². The monoisotopic (exact) mass is 248 g/mol. The van der Waals surface area contributed by atoms with Gasteiger partial charge in [0.1, 0.15) is 11.5 Å². The Bertz CT molecular complexity index is 427. The molecule has 0 atom stereocenters. The third-order valence-electron chi connectivity index (χ3n) is 3.23. The van der Waals surface area contributed by atoms with Gasteiger partial charge in [0.05, 0.1) is 7.11 Å². The van der Waals surface area contributed by atoms with Crippen molar-refractivity contribution in [1.82, 2.24) is 0 Å². The van der Waals surface area contributed by atoms with Crippen LogP contribution < -0.4 is 4.74 Å². The van der Waals surface area contributed by atoms with Crippen LogP contribution in [0.2, 0.25) is 0 Å². The summed E-state index contributed by atoms with van der Waals surface area (Å²) in [5.74, 6) is 0.972. The zero-order valence-electron chi connectivity index (χ0n) is 12.1. The number of allylic oxidation sites excluding steroid dienone is 2. The summed E-state index contributed by atoms with van der Waals surface area (Å²) in [4.78, 5) is 0. The summed E-state index contributed by atoms with van der Waals surface area (Å²) in [7, 11) is 1.62. The highest BCUT2D eigenvalue weighted by atomic mass is 16.5. The van der Waals surface area contributed by atoms with Gasteiger partial charge < -0.3 is 9.84 Å². The van der Waals surface area contributed by atoms with E-state index < -0.39 is 0 Å². The number of phenols is 1. The highest BCUT2D eigenvalue weighted by molar-refractivity contribution is 5.40. The molecule has 2 nitrogen and oxygen atoms in total. The molecule has 0 saturated carbocycles. The lowest BCUT2D eigenvalue weighted by Gasteiger charge is -2.25. The minimum Gasteiger partial charge on any atom is -0.508 e. The second-order valence-electron chi connectivity index (χ2n) is 5.62. The number of hydrogen-bond acceptors (Lipinski definition) is 2. The zero-order chi connectivity index (χ0) is 13.8. The summed E-state index contributed by atoms with van der Waals surface area (Å²) in [5, 5.41) is 9.71. The molecule has 0 amide bonds. The van der Waals surface area contributed by atoms with Crippen molar-refractivity contribution < 1.29 is 9.84 Å². The van der Waals surface area contributed by atoms with Crippen LogP contribution in [0.15, 0.2) is 29.8 Å². The molecular weight excluding hydrogens is 224 g/mol. The van der Waals surface area contributed by atoms with Gasteiger partial charge >= 0.3 is 0 Å². The van der Waals surface area contributed by atoms with Gasteiger partial charge in [-0.15, -0.1) is 0 Å². The molecule has 0 aliphatic rings. The maximum atomic E-state index is 9.71. The highest BCUT2D eigenvalue weighted by Crippen LogP contribution is 2.33. The number of hydrogen-bond donors (Lipinski definition) is 1. The first-order valence-electron chi connectivity index (χ1n) is 6.37. The van der Waals surface area contributed by atoms with E-state index in [1.807, 2.05) is 12.1 Å². The number of aromatic hydroxyl groups is 1. The van der Waals surface area contributed by atoms with Gasteiger partial charge in [-0.1, -0.05) is 25.5 Å². The molecule has 1 rings (SSSR count). The van der Waals surface area contributed by atoms with Crippen LogP contribution >= 0.6 is 0 Å². The topological polar surface area (TPSA) is 29.5 Å². The van der Waals surface area contributed by atoms with Gasteiger partial charge in [-0.2, -0.15) is 0 Å². The SMILES string of the molecule is COc1cc(O)cc(C(C)(C)CCC=C(C)C)c1. The van der Waals surface area contributed by atoms with Crippen molar-refractivity contribution in [2.75, 3.05) is 7.11 Å². The molecule has 0 aromatic heterocycles. The van der Waals surface area contributed by atoms with E-state index in [1.54, 1.807) is 13.2 Å². The number of methoxy groups -OCH3 is 1. The van der Waals surface area contributed by atoms with Crippen molar-refractivity contribution in [2.24, 2.45) is 0 Å². The average Bonchev–Trinajstić information content (AvgIpc) is 2.27. The summed E-state index contributed by atoms with van der Waals surface area (Å²) >= 11 is 0. The van der Waals surface area contributed by atoms with Crippen LogP contribution in [-0.4, -0.2) is 12.2 Å². The lowest BCUT2D eigenvalue weighted by atomic mass is 9.80. The van der Waals surface area contributed by atoms with E-state index in [0.29, 0.717) is 5.75 Å². The van der Waals surface area contributed by atoms with Crippen LogP contribution in [0.3, 0.4) is 0 Å². The molecule has 0 bridgehead atoms. The smallest absolute Gasteiger partial charge is 0.122 e. The van der Waals surface area contributed by atoms with Crippen molar-refractivity contribution in [1.29, 1.82) is 0 Å². The van der Waals surface area contributed by atoms with Gasteiger partial charge in [-0.3, -0.25) is 0 Å². The number of ether oxygens (including phenoxy) is 1. The van der Waals surface area contributed by atoms with Gasteiger partial charge in [0.15, 0.2) is 0 Å². The molecule has 0 saturated heterocycles. The van der Waals surface area contributed by atoms with Crippen LogP contribution in [0.5, 0.6) is 11.5 Å². The van der Waals surface area contributed by atoms with Crippen LogP contribution in [0.25, 0.3) is 0 Å². The van der Waals surface area contributed by atoms with Crippen molar-refractivity contribution in [3.63, 3.8) is 0 Å². The summed E-state index contributed by atoms with van der Waals surface area (Å²) < 4.78 is 5.20. The first-order valence-corrected chi connectivity index (χ1v) is 6.37. The summed E-state index contributed by atoms with van der Waals surface area (Å²) in [6, 6.07) is 5.46. The minimum absolute atomic E-state index is 0.0258. The van der Waals surface area contributed by atoms with E-state index in [0.717, 1.165) is 18.4 Å².